The summed E-state index contributed by atoms with van der Waals surface area (Å²) in [6, 6.07) is 14.1. The molecule has 0 aliphatic heterocycles. The molecular formula is C14H15CaNO4. The number of benzene rings is 2. The third-order valence-corrected chi connectivity index (χ3v) is 2.32. The standard InChI is InChI=1S/C14H10O4.Ca.H3N.2H/c15-12-9-5-4-8-11(12)14(17)18-13(16)10-6-2-1-3-7-10;;;;/h1-9,15H;;1H3;;. The number of phenols is 1. The number of hydrogen-bond acceptors (Lipinski definition) is 5. The van der Waals surface area contributed by atoms with Gasteiger partial charge in [-0.05, 0) is 24.3 Å². The third kappa shape index (κ3) is 4.61. The van der Waals surface area contributed by atoms with Gasteiger partial charge >= 0.3 is 49.7 Å². The van der Waals surface area contributed by atoms with E-state index in [1.165, 1.54) is 12.1 Å². The maximum atomic E-state index is 11.6. The van der Waals surface area contributed by atoms with E-state index >= 15 is 0 Å². The predicted octanol–water partition coefficient (Wildman–Crippen LogP) is 1.64. The van der Waals surface area contributed by atoms with Crippen LogP contribution < -0.4 is 6.15 Å². The Balaban J connectivity index is 0.00000180. The first-order valence-electron chi connectivity index (χ1n) is 5.28. The second-order valence-corrected chi connectivity index (χ2v) is 3.56. The molecule has 0 bridgehead atoms. The molecule has 2 aromatic carbocycles. The first-order chi connectivity index (χ1) is 8.68. The van der Waals surface area contributed by atoms with Crippen LogP contribution in [0.15, 0.2) is 54.6 Å². The van der Waals surface area contributed by atoms with Crippen LogP contribution in [-0.4, -0.2) is 54.8 Å². The third-order valence-electron chi connectivity index (χ3n) is 2.32. The van der Waals surface area contributed by atoms with Crippen LogP contribution in [0.25, 0.3) is 0 Å². The van der Waals surface area contributed by atoms with Gasteiger partial charge in [-0.25, -0.2) is 9.59 Å². The van der Waals surface area contributed by atoms with Crippen molar-refractivity contribution in [2.24, 2.45) is 0 Å². The summed E-state index contributed by atoms with van der Waals surface area (Å²) < 4.78 is 4.67. The zero-order chi connectivity index (χ0) is 13.0. The summed E-state index contributed by atoms with van der Waals surface area (Å²) in [6.45, 7) is 0. The Labute approximate surface area is 146 Å². The Kier molecular flexibility index (Phi) is 8.10. The van der Waals surface area contributed by atoms with E-state index in [0.29, 0.717) is 0 Å². The Morgan fingerprint density at radius 2 is 1.40 bits per heavy atom. The molecule has 0 fully saturated rings. The van der Waals surface area contributed by atoms with Crippen LogP contribution in [0.1, 0.15) is 20.7 Å². The first-order valence-corrected chi connectivity index (χ1v) is 5.28. The summed E-state index contributed by atoms with van der Waals surface area (Å²) in [5, 5.41) is 9.45. The van der Waals surface area contributed by atoms with Gasteiger partial charge in [-0.1, -0.05) is 30.3 Å². The summed E-state index contributed by atoms with van der Waals surface area (Å²) in [7, 11) is 0. The van der Waals surface area contributed by atoms with Gasteiger partial charge in [0, 0.05) is 0 Å². The molecule has 102 valence electrons. The van der Waals surface area contributed by atoms with E-state index in [-0.39, 0.29) is 60.8 Å². The van der Waals surface area contributed by atoms with Crippen molar-refractivity contribution < 1.29 is 19.4 Å². The van der Waals surface area contributed by atoms with Crippen LogP contribution in [0, 0.1) is 0 Å². The van der Waals surface area contributed by atoms with E-state index in [0.717, 1.165) is 0 Å². The van der Waals surface area contributed by atoms with Crippen LogP contribution >= 0.6 is 0 Å². The van der Waals surface area contributed by atoms with E-state index in [2.05, 4.69) is 4.74 Å². The van der Waals surface area contributed by atoms with E-state index in [4.69, 9.17) is 0 Å². The van der Waals surface area contributed by atoms with Crippen LogP contribution in [-0.2, 0) is 4.74 Å². The zero-order valence-corrected chi connectivity index (χ0v) is 10.1. The minimum atomic E-state index is -0.873. The second kappa shape index (κ2) is 8.71. The number of carbonyl (C=O) groups excluding carboxylic acids is 2. The van der Waals surface area contributed by atoms with Crippen LogP contribution in [0.2, 0.25) is 0 Å². The molecule has 0 heterocycles. The summed E-state index contributed by atoms with van der Waals surface area (Å²) in [4.78, 5) is 23.3. The quantitative estimate of drug-likeness (QED) is 0.499. The fourth-order valence-corrected chi connectivity index (χ4v) is 1.42. The molecule has 20 heavy (non-hydrogen) atoms. The number of phenolic OH excluding ortho intramolecular Hbond substituents is 1. The molecule has 0 aliphatic carbocycles. The second-order valence-electron chi connectivity index (χ2n) is 3.56. The molecule has 0 saturated heterocycles. The zero-order valence-electron chi connectivity index (χ0n) is 10.1. The van der Waals surface area contributed by atoms with E-state index in [9.17, 15) is 14.7 Å². The van der Waals surface area contributed by atoms with E-state index < -0.39 is 11.9 Å². The Morgan fingerprint density at radius 3 is 2.00 bits per heavy atom. The molecule has 0 aromatic heterocycles. The minimum absolute atomic E-state index is 0. The molecule has 0 radical (unpaired) electrons. The molecule has 0 unspecified atom stereocenters. The topological polar surface area (TPSA) is 98.6 Å². The summed E-state index contributed by atoms with van der Waals surface area (Å²) in [6.07, 6.45) is 0. The van der Waals surface area contributed by atoms with Gasteiger partial charge < -0.3 is 16.0 Å². The average Bonchev–Trinajstić information content (AvgIpc) is 2.40. The summed E-state index contributed by atoms with van der Waals surface area (Å²) in [5.41, 5.74) is 0.239. The molecule has 5 nitrogen and oxygen atoms in total. The van der Waals surface area contributed by atoms with Crippen LogP contribution in [0.4, 0.5) is 0 Å². The molecule has 2 aromatic rings. The number of hydrogen-bond donors (Lipinski definition) is 2. The number of para-hydroxylation sites is 1. The summed E-state index contributed by atoms with van der Waals surface area (Å²) in [5.74, 6) is -1.84. The number of carbonyl (C=O) groups is 2. The van der Waals surface area contributed by atoms with Gasteiger partial charge in [-0.2, -0.15) is 0 Å². The summed E-state index contributed by atoms with van der Waals surface area (Å²) >= 11 is 0. The van der Waals surface area contributed by atoms with Gasteiger partial charge in [0.2, 0.25) is 0 Å². The van der Waals surface area contributed by atoms with Crippen molar-refractivity contribution in [1.29, 1.82) is 0 Å². The molecular weight excluding hydrogens is 286 g/mol. The van der Waals surface area contributed by atoms with E-state index in [1.54, 1.807) is 42.5 Å². The maximum absolute atomic E-state index is 11.6. The van der Waals surface area contributed by atoms with Crippen LogP contribution in [0.5, 0.6) is 5.75 Å². The fourth-order valence-electron chi connectivity index (χ4n) is 1.42. The number of aromatic hydroxyl groups is 1. The van der Waals surface area contributed by atoms with Crippen molar-refractivity contribution >= 4 is 49.7 Å². The monoisotopic (exact) mass is 301 g/mol. The average molecular weight is 301 g/mol. The molecule has 0 amide bonds. The van der Waals surface area contributed by atoms with Gasteiger partial charge in [0.05, 0.1) is 5.56 Å². The van der Waals surface area contributed by atoms with Crippen molar-refractivity contribution in [2.45, 2.75) is 0 Å². The first kappa shape index (κ1) is 18.6. The number of esters is 2. The molecule has 0 atom stereocenters. The van der Waals surface area contributed by atoms with E-state index in [1.807, 2.05) is 0 Å². The molecule has 2 rings (SSSR count). The predicted molar refractivity (Wildman–Crippen MR) is 77.9 cm³/mol. The molecule has 0 aliphatic rings. The fraction of sp³-hybridized carbons (Fsp3) is 0. The van der Waals surface area contributed by atoms with Crippen molar-refractivity contribution in [3.8, 4) is 5.75 Å². The van der Waals surface area contributed by atoms with Gasteiger partial charge in [-0.3, -0.25) is 0 Å². The molecule has 4 N–H and O–H groups in total. The van der Waals surface area contributed by atoms with Crippen molar-refractivity contribution in [3.05, 3.63) is 65.7 Å². The van der Waals surface area contributed by atoms with Gasteiger partial charge in [0.25, 0.3) is 0 Å². The van der Waals surface area contributed by atoms with Crippen molar-refractivity contribution in [3.63, 3.8) is 0 Å². The molecule has 0 spiro atoms. The van der Waals surface area contributed by atoms with Crippen molar-refractivity contribution in [1.82, 2.24) is 6.15 Å². The normalized spacial score (nSPS) is 8.80. The Hall–Kier alpha value is -1.40. The van der Waals surface area contributed by atoms with Crippen LogP contribution in [0.3, 0.4) is 0 Å². The Morgan fingerprint density at radius 1 is 0.850 bits per heavy atom. The Bertz CT molecular complexity index is 587. The van der Waals surface area contributed by atoms with Gasteiger partial charge in [0.15, 0.2) is 0 Å². The SMILES string of the molecule is N.O=C(OC(=O)c1ccccc1O)c1ccccc1.[CaH2]. The number of rotatable bonds is 2. The number of ether oxygens (including phenoxy) is 1. The molecule has 6 heteroatoms. The van der Waals surface area contributed by atoms with Gasteiger partial charge in [0.1, 0.15) is 11.3 Å². The van der Waals surface area contributed by atoms with Crippen molar-refractivity contribution in [2.75, 3.05) is 0 Å². The molecule has 0 saturated carbocycles. The van der Waals surface area contributed by atoms with Gasteiger partial charge in [-0.15, -0.1) is 0 Å².